The smallest absolute Gasteiger partial charge is 0.348 e. The summed E-state index contributed by atoms with van der Waals surface area (Å²) in [5, 5.41) is 0. The van der Waals surface area contributed by atoms with Crippen LogP contribution in [0.15, 0.2) is 54.1 Å². The van der Waals surface area contributed by atoms with Gasteiger partial charge in [-0.15, -0.1) is 0 Å². The van der Waals surface area contributed by atoms with Crippen LogP contribution in [0.5, 0.6) is 11.5 Å². The molecular formula is C23H20O7. The van der Waals surface area contributed by atoms with Crippen LogP contribution in [0.25, 0.3) is 6.08 Å². The molecule has 1 saturated carbocycles. The number of hydrogen-bond acceptors (Lipinski definition) is 7. The highest BCUT2D eigenvalue weighted by molar-refractivity contribution is 6.18. The second-order valence-corrected chi connectivity index (χ2v) is 7.14. The van der Waals surface area contributed by atoms with Gasteiger partial charge in [0.25, 0.3) is 5.79 Å². The molecule has 1 spiro atoms. The van der Waals surface area contributed by atoms with Crippen molar-refractivity contribution in [3.8, 4) is 11.5 Å². The summed E-state index contributed by atoms with van der Waals surface area (Å²) in [7, 11) is 1.55. The lowest BCUT2D eigenvalue weighted by Crippen LogP contribution is -2.44. The number of carbonyl (C=O) groups excluding carboxylic acids is 3. The molecule has 2 fully saturated rings. The molecule has 1 heterocycles. The third-order valence-corrected chi connectivity index (χ3v) is 5.09. The number of methoxy groups -OCH3 is 1. The van der Waals surface area contributed by atoms with Crippen LogP contribution in [0.4, 0.5) is 0 Å². The van der Waals surface area contributed by atoms with E-state index in [1.165, 1.54) is 6.08 Å². The minimum Gasteiger partial charge on any atom is -0.497 e. The predicted molar refractivity (Wildman–Crippen MR) is 106 cm³/mol. The summed E-state index contributed by atoms with van der Waals surface area (Å²) in [4.78, 5) is 36.9. The Balaban J connectivity index is 1.43. The van der Waals surface area contributed by atoms with Crippen LogP contribution in [0.1, 0.15) is 41.6 Å². The Morgan fingerprint density at radius 2 is 1.47 bits per heavy atom. The second kappa shape index (κ2) is 8.02. The summed E-state index contributed by atoms with van der Waals surface area (Å²) in [5.74, 6) is -1.99. The first-order valence-electron chi connectivity index (χ1n) is 9.63. The van der Waals surface area contributed by atoms with Crippen LogP contribution in [0, 0.1) is 0 Å². The predicted octanol–water partition coefficient (Wildman–Crippen LogP) is 3.67. The number of benzene rings is 2. The molecule has 0 aromatic heterocycles. The molecule has 1 aliphatic heterocycles. The molecule has 1 saturated heterocycles. The number of hydrogen-bond donors (Lipinski definition) is 0. The highest BCUT2D eigenvalue weighted by Crippen LogP contribution is 2.38. The lowest BCUT2D eigenvalue weighted by atomic mass is 10.1. The zero-order valence-corrected chi connectivity index (χ0v) is 16.4. The van der Waals surface area contributed by atoms with E-state index in [4.69, 9.17) is 18.9 Å². The molecule has 2 aliphatic rings. The Morgan fingerprint density at radius 3 is 2.03 bits per heavy atom. The monoisotopic (exact) mass is 408 g/mol. The van der Waals surface area contributed by atoms with Crippen molar-refractivity contribution in [1.82, 2.24) is 0 Å². The van der Waals surface area contributed by atoms with Gasteiger partial charge in [-0.3, -0.25) is 0 Å². The molecule has 0 N–H and O–H groups in total. The number of ether oxygens (including phenoxy) is 4. The standard InChI is InChI=1S/C23H20O7/c1-27-17-10-6-16(7-11-17)20(24)28-18-8-4-15(5-9-18)14-19-21(25)29-23(30-22(19)26)12-2-3-13-23/h4-11,14H,2-3,12-13H2,1H3. The van der Waals surface area contributed by atoms with Crippen molar-refractivity contribution in [1.29, 1.82) is 0 Å². The zero-order chi connectivity index (χ0) is 21.1. The largest absolute Gasteiger partial charge is 0.497 e. The minimum atomic E-state index is -1.09. The first-order chi connectivity index (χ1) is 14.5. The van der Waals surface area contributed by atoms with E-state index in [1.807, 2.05) is 0 Å². The van der Waals surface area contributed by atoms with Gasteiger partial charge in [0, 0.05) is 12.8 Å². The summed E-state index contributed by atoms with van der Waals surface area (Å²) < 4.78 is 21.2. The average molecular weight is 408 g/mol. The van der Waals surface area contributed by atoms with E-state index in [9.17, 15) is 14.4 Å². The molecule has 4 rings (SSSR count). The van der Waals surface area contributed by atoms with Crippen molar-refractivity contribution in [3.63, 3.8) is 0 Å². The van der Waals surface area contributed by atoms with E-state index in [1.54, 1.807) is 55.6 Å². The third kappa shape index (κ3) is 4.05. The molecule has 7 nitrogen and oxygen atoms in total. The Bertz CT molecular complexity index is 975. The number of rotatable bonds is 4. The maximum atomic E-state index is 12.3. The van der Waals surface area contributed by atoms with Crippen molar-refractivity contribution in [2.24, 2.45) is 0 Å². The van der Waals surface area contributed by atoms with Crippen molar-refractivity contribution >= 4 is 24.0 Å². The molecule has 30 heavy (non-hydrogen) atoms. The highest BCUT2D eigenvalue weighted by Gasteiger charge is 2.47. The molecule has 0 atom stereocenters. The Kier molecular flexibility index (Phi) is 5.27. The van der Waals surface area contributed by atoms with Crippen molar-refractivity contribution in [2.75, 3.05) is 7.11 Å². The van der Waals surface area contributed by atoms with E-state index in [0.717, 1.165) is 12.8 Å². The van der Waals surface area contributed by atoms with Gasteiger partial charge < -0.3 is 18.9 Å². The molecule has 154 valence electrons. The molecule has 0 unspecified atom stereocenters. The van der Waals surface area contributed by atoms with E-state index in [-0.39, 0.29) is 5.57 Å². The van der Waals surface area contributed by atoms with E-state index < -0.39 is 23.7 Å². The maximum Gasteiger partial charge on any atom is 0.348 e. The summed E-state index contributed by atoms with van der Waals surface area (Å²) in [6.45, 7) is 0. The minimum absolute atomic E-state index is 0.157. The van der Waals surface area contributed by atoms with Crippen molar-refractivity contribution in [3.05, 3.63) is 65.2 Å². The van der Waals surface area contributed by atoms with Gasteiger partial charge in [0.15, 0.2) is 0 Å². The molecule has 0 amide bonds. The first kappa shape index (κ1) is 19.7. The van der Waals surface area contributed by atoms with Gasteiger partial charge >= 0.3 is 17.9 Å². The van der Waals surface area contributed by atoms with Gasteiger partial charge in [0.1, 0.15) is 17.1 Å². The topological polar surface area (TPSA) is 88.1 Å². The summed E-state index contributed by atoms with van der Waals surface area (Å²) >= 11 is 0. The van der Waals surface area contributed by atoms with Gasteiger partial charge in [0.2, 0.25) is 0 Å². The molecule has 0 bridgehead atoms. The average Bonchev–Trinajstić information content (AvgIpc) is 3.19. The van der Waals surface area contributed by atoms with Crippen LogP contribution in [0.2, 0.25) is 0 Å². The van der Waals surface area contributed by atoms with Crippen molar-refractivity contribution < 1.29 is 33.3 Å². The van der Waals surface area contributed by atoms with Crippen molar-refractivity contribution in [2.45, 2.75) is 31.5 Å². The van der Waals surface area contributed by atoms with Crippen LogP contribution >= 0.6 is 0 Å². The molecule has 1 aliphatic carbocycles. The van der Waals surface area contributed by atoms with Crippen LogP contribution in [0.3, 0.4) is 0 Å². The number of esters is 3. The summed E-state index contributed by atoms with van der Waals surface area (Å²) in [6, 6.07) is 13.0. The lowest BCUT2D eigenvalue weighted by Gasteiger charge is -2.32. The van der Waals surface area contributed by atoms with Gasteiger partial charge in [-0.1, -0.05) is 12.1 Å². The quantitative estimate of drug-likeness (QED) is 0.330. The third-order valence-electron chi connectivity index (χ3n) is 5.09. The van der Waals surface area contributed by atoms with Gasteiger partial charge in [-0.25, -0.2) is 14.4 Å². The van der Waals surface area contributed by atoms with Crippen LogP contribution < -0.4 is 9.47 Å². The van der Waals surface area contributed by atoms with Gasteiger partial charge in [-0.05, 0) is 60.9 Å². The molecule has 7 heteroatoms. The van der Waals surface area contributed by atoms with E-state index >= 15 is 0 Å². The lowest BCUT2D eigenvalue weighted by molar-refractivity contribution is -0.232. The molecular weight excluding hydrogens is 388 g/mol. The first-order valence-corrected chi connectivity index (χ1v) is 9.63. The summed E-state index contributed by atoms with van der Waals surface area (Å²) in [6.07, 6.45) is 4.19. The fourth-order valence-corrected chi connectivity index (χ4v) is 3.48. The SMILES string of the molecule is COc1ccc(C(=O)Oc2ccc(C=C3C(=O)OC4(CCCC4)OC3=O)cc2)cc1. The zero-order valence-electron chi connectivity index (χ0n) is 16.4. The number of carbonyl (C=O) groups is 3. The highest BCUT2D eigenvalue weighted by atomic mass is 16.7. The Labute approximate surface area is 173 Å². The molecule has 2 aromatic rings. The summed E-state index contributed by atoms with van der Waals surface area (Å²) in [5.41, 5.74) is 0.802. The van der Waals surface area contributed by atoms with Gasteiger partial charge in [0.05, 0.1) is 12.7 Å². The fourth-order valence-electron chi connectivity index (χ4n) is 3.48. The van der Waals surface area contributed by atoms with Crippen LogP contribution in [-0.4, -0.2) is 30.8 Å². The van der Waals surface area contributed by atoms with E-state index in [0.29, 0.717) is 35.5 Å². The fraction of sp³-hybridized carbons (Fsp3) is 0.261. The maximum absolute atomic E-state index is 12.3. The van der Waals surface area contributed by atoms with E-state index in [2.05, 4.69) is 0 Å². The Morgan fingerprint density at radius 1 is 0.900 bits per heavy atom. The van der Waals surface area contributed by atoms with Gasteiger partial charge in [-0.2, -0.15) is 0 Å². The van der Waals surface area contributed by atoms with Crippen LogP contribution in [-0.2, 0) is 19.1 Å². The molecule has 0 radical (unpaired) electrons. The Hall–Kier alpha value is -3.61. The second-order valence-electron chi connectivity index (χ2n) is 7.14. The normalized spacial score (nSPS) is 17.3. The molecule has 2 aromatic carbocycles.